The average Bonchev–Trinajstić information content (AvgIpc) is 2.63. The maximum absolute atomic E-state index is 11.7. The third-order valence-corrected chi connectivity index (χ3v) is 4.65. The van der Waals surface area contributed by atoms with E-state index in [1.165, 1.54) is 25.7 Å². The standard InChI is InChI=1S/C22H41NO6/c1-5-6-7-8-9-10-11-12-13-14-21(25)29-18-19(24)17-28-16-15-20(22(26)27)23(2,3)4/h10-11,19-20,24H,5-9,12-18H2,1-4H3/p+1/b11-10+. The summed E-state index contributed by atoms with van der Waals surface area (Å²) < 4.78 is 10.7. The number of unbranched alkanes of at least 4 members (excludes halogenated alkanes) is 5. The number of likely N-dealkylation sites (N-methyl/N-ethyl adjacent to an activating group) is 1. The molecule has 0 rings (SSSR count). The number of aliphatic hydroxyl groups is 1. The molecule has 2 atom stereocenters. The lowest BCUT2D eigenvalue weighted by atomic mass is 10.1. The Labute approximate surface area is 176 Å². The van der Waals surface area contributed by atoms with Crippen molar-refractivity contribution in [3.63, 3.8) is 0 Å². The van der Waals surface area contributed by atoms with E-state index in [4.69, 9.17) is 9.47 Å². The number of ether oxygens (including phenoxy) is 2. The second-order valence-electron chi connectivity index (χ2n) is 8.38. The first kappa shape index (κ1) is 27.6. The molecule has 0 fully saturated rings. The van der Waals surface area contributed by atoms with Gasteiger partial charge in [-0.1, -0.05) is 38.3 Å². The summed E-state index contributed by atoms with van der Waals surface area (Å²) in [5.41, 5.74) is 0. The summed E-state index contributed by atoms with van der Waals surface area (Å²) >= 11 is 0. The minimum atomic E-state index is -0.908. The van der Waals surface area contributed by atoms with Crippen LogP contribution in [0.25, 0.3) is 0 Å². The van der Waals surface area contributed by atoms with E-state index >= 15 is 0 Å². The Hall–Kier alpha value is -1.44. The lowest BCUT2D eigenvalue weighted by Crippen LogP contribution is -2.50. The maximum atomic E-state index is 11.7. The second kappa shape index (κ2) is 16.4. The van der Waals surface area contributed by atoms with Crippen LogP contribution in [-0.2, 0) is 19.1 Å². The first-order chi connectivity index (χ1) is 13.7. The van der Waals surface area contributed by atoms with Crippen LogP contribution in [0.4, 0.5) is 0 Å². The third kappa shape index (κ3) is 16.1. The summed E-state index contributed by atoms with van der Waals surface area (Å²) in [5.74, 6) is -1.20. The zero-order chi connectivity index (χ0) is 22.1. The molecule has 2 unspecified atom stereocenters. The van der Waals surface area contributed by atoms with Gasteiger partial charge < -0.3 is 24.2 Å². The molecule has 0 saturated carbocycles. The Morgan fingerprint density at radius 3 is 2.24 bits per heavy atom. The number of hydrogen-bond donors (Lipinski definition) is 2. The first-order valence-corrected chi connectivity index (χ1v) is 10.8. The van der Waals surface area contributed by atoms with Crippen molar-refractivity contribution in [2.24, 2.45) is 0 Å². The normalized spacial score (nSPS) is 14.1. The molecule has 0 amide bonds. The fraction of sp³-hybridized carbons (Fsp3) is 0.818. The zero-order valence-electron chi connectivity index (χ0n) is 18.8. The number of aliphatic hydroxyl groups excluding tert-OH is 1. The van der Waals surface area contributed by atoms with Crippen molar-refractivity contribution in [1.82, 2.24) is 0 Å². The zero-order valence-corrected chi connectivity index (χ0v) is 18.8. The molecule has 170 valence electrons. The van der Waals surface area contributed by atoms with Gasteiger partial charge >= 0.3 is 11.9 Å². The van der Waals surface area contributed by atoms with Crippen LogP contribution >= 0.6 is 0 Å². The Morgan fingerprint density at radius 2 is 1.66 bits per heavy atom. The summed E-state index contributed by atoms with van der Waals surface area (Å²) in [6.45, 7) is 2.33. The van der Waals surface area contributed by atoms with E-state index in [2.05, 4.69) is 19.1 Å². The second-order valence-corrected chi connectivity index (χ2v) is 8.38. The predicted molar refractivity (Wildman–Crippen MR) is 114 cm³/mol. The SMILES string of the molecule is CCCCCC/C=C/CCCC(=O)OCC(O)COCCC(C(=O)O)[N+](C)(C)C. The van der Waals surface area contributed by atoms with E-state index in [1.54, 1.807) is 0 Å². The quantitative estimate of drug-likeness (QED) is 0.154. The van der Waals surface area contributed by atoms with Gasteiger partial charge in [0.1, 0.15) is 12.7 Å². The predicted octanol–water partition coefficient (Wildman–Crippen LogP) is 3.15. The molecular weight excluding hydrogens is 374 g/mol. The lowest BCUT2D eigenvalue weighted by molar-refractivity contribution is -0.887. The fourth-order valence-corrected chi connectivity index (χ4v) is 2.85. The topological polar surface area (TPSA) is 93.1 Å². The van der Waals surface area contributed by atoms with Crippen LogP contribution in [0, 0.1) is 0 Å². The average molecular weight is 417 g/mol. The van der Waals surface area contributed by atoms with Gasteiger partial charge in [-0.3, -0.25) is 4.79 Å². The monoisotopic (exact) mass is 416 g/mol. The van der Waals surface area contributed by atoms with Crippen LogP contribution in [0.3, 0.4) is 0 Å². The van der Waals surface area contributed by atoms with Crippen molar-refractivity contribution in [3.8, 4) is 0 Å². The van der Waals surface area contributed by atoms with Crippen LogP contribution in [0.5, 0.6) is 0 Å². The summed E-state index contributed by atoms with van der Waals surface area (Å²) in [6, 6.07) is -0.574. The minimum Gasteiger partial charge on any atom is -0.477 e. The number of carbonyl (C=O) groups is 2. The Bertz CT molecular complexity index is 472. The van der Waals surface area contributed by atoms with E-state index in [9.17, 15) is 19.8 Å². The number of carbonyl (C=O) groups excluding carboxylic acids is 1. The van der Waals surface area contributed by atoms with Crippen LogP contribution < -0.4 is 0 Å². The van der Waals surface area contributed by atoms with E-state index in [-0.39, 0.29) is 25.8 Å². The molecule has 0 aromatic rings. The van der Waals surface area contributed by atoms with Gasteiger partial charge in [-0.05, 0) is 25.7 Å². The highest BCUT2D eigenvalue weighted by molar-refractivity contribution is 5.72. The molecule has 0 aromatic carbocycles. The smallest absolute Gasteiger partial charge is 0.362 e. The number of allylic oxidation sites excluding steroid dienone is 2. The van der Waals surface area contributed by atoms with Crippen LogP contribution in [0.2, 0.25) is 0 Å². The van der Waals surface area contributed by atoms with E-state index in [0.717, 1.165) is 19.3 Å². The molecule has 7 heteroatoms. The largest absolute Gasteiger partial charge is 0.477 e. The number of hydrogen-bond acceptors (Lipinski definition) is 5. The lowest BCUT2D eigenvalue weighted by Gasteiger charge is -2.31. The van der Waals surface area contributed by atoms with Gasteiger partial charge in [0.2, 0.25) is 0 Å². The van der Waals surface area contributed by atoms with Gasteiger partial charge in [0.15, 0.2) is 6.04 Å². The van der Waals surface area contributed by atoms with E-state index in [1.807, 2.05) is 21.1 Å². The van der Waals surface area contributed by atoms with Gasteiger partial charge in [-0.15, -0.1) is 0 Å². The Morgan fingerprint density at radius 1 is 1.00 bits per heavy atom. The highest BCUT2D eigenvalue weighted by Crippen LogP contribution is 2.09. The molecule has 0 aliphatic heterocycles. The summed E-state index contributed by atoms with van der Waals surface area (Å²) in [5, 5.41) is 19.1. The highest BCUT2D eigenvalue weighted by Gasteiger charge is 2.30. The maximum Gasteiger partial charge on any atom is 0.362 e. The van der Waals surface area contributed by atoms with Crippen LogP contribution in [0.1, 0.15) is 64.7 Å². The molecule has 0 aliphatic carbocycles. The number of carboxylic acid groups (broad SMARTS) is 1. The van der Waals surface area contributed by atoms with Crippen molar-refractivity contribution in [3.05, 3.63) is 12.2 Å². The molecule has 29 heavy (non-hydrogen) atoms. The van der Waals surface area contributed by atoms with Crippen LogP contribution in [-0.4, -0.2) is 79.7 Å². The number of nitrogens with zero attached hydrogens (tertiary/aromatic N) is 1. The van der Waals surface area contributed by atoms with Crippen molar-refractivity contribution in [2.45, 2.75) is 76.9 Å². The molecule has 2 N–H and O–H groups in total. The fourth-order valence-electron chi connectivity index (χ4n) is 2.85. The third-order valence-electron chi connectivity index (χ3n) is 4.65. The molecular formula is C22H42NO6+. The molecule has 0 radical (unpaired) electrons. The highest BCUT2D eigenvalue weighted by atomic mass is 16.5. The van der Waals surface area contributed by atoms with Gasteiger partial charge in [-0.25, -0.2) is 4.79 Å². The first-order valence-electron chi connectivity index (χ1n) is 10.8. The number of carboxylic acids is 1. The van der Waals surface area contributed by atoms with Gasteiger partial charge in [0.25, 0.3) is 0 Å². The van der Waals surface area contributed by atoms with Crippen molar-refractivity contribution >= 4 is 11.9 Å². The van der Waals surface area contributed by atoms with Crippen molar-refractivity contribution in [2.75, 3.05) is 41.0 Å². The molecule has 0 spiro atoms. The number of quaternary nitrogens is 1. The summed E-state index contributed by atoms with van der Waals surface area (Å²) in [6.07, 6.45) is 11.8. The molecule has 7 nitrogen and oxygen atoms in total. The molecule has 0 saturated heterocycles. The number of esters is 1. The van der Waals surface area contributed by atoms with E-state index < -0.39 is 18.1 Å². The Kier molecular flexibility index (Phi) is 15.6. The van der Waals surface area contributed by atoms with Crippen molar-refractivity contribution in [1.29, 1.82) is 0 Å². The summed E-state index contributed by atoms with van der Waals surface area (Å²) in [7, 11) is 5.45. The molecule has 0 heterocycles. The van der Waals surface area contributed by atoms with Crippen molar-refractivity contribution < 1.29 is 33.8 Å². The van der Waals surface area contributed by atoms with Crippen LogP contribution in [0.15, 0.2) is 12.2 Å². The summed E-state index contributed by atoms with van der Waals surface area (Å²) in [4.78, 5) is 23.0. The van der Waals surface area contributed by atoms with Gasteiger partial charge in [-0.2, -0.15) is 0 Å². The van der Waals surface area contributed by atoms with Gasteiger partial charge in [0.05, 0.1) is 34.4 Å². The van der Waals surface area contributed by atoms with E-state index in [0.29, 0.717) is 17.3 Å². The number of aliphatic carboxylic acids is 1. The number of rotatable bonds is 18. The molecule has 0 aromatic heterocycles. The molecule has 0 aliphatic rings. The Balaban J connectivity index is 3.73. The minimum absolute atomic E-state index is 0.0114. The molecule has 0 bridgehead atoms. The van der Waals surface area contributed by atoms with Gasteiger partial charge in [0, 0.05) is 12.8 Å².